The zero-order valence-electron chi connectivity index (χ0n) is 6.20. The highest BCUT2D eigenvalue weighted by molar-refractivity contribution is 5.69. The molecule has 0 aromatic heterocycles. The standard InChI is InChI=1S/C7H12O3/c1-3-4-6(8)5-7(9)10-2/h3-4,6,8H,5H2,1-2H3/b4-3-. The Kier molecular flexibility index (Phi) is 4.58. The van der Waals surface area contributed by atoms with Crippen molar-refractivity contribution in [3.05, 3.63) is 12.2 Å². The molecule has 0 amide bonds. The van der Waals surface area contributed by atoms with Crippen LogP contribution in [0.1, 0.15) is 13.3 Å². The van der Waals surface area contributed by atoms with Gasteiger partial charge in [-0.15, -0.1) is 0 Å². The van der Waals surface area contributed by atoms with E-state index in [2.05, 4.69) is 4.74 Å². The van der Waals surface area contributed by atoms with Crippen LogP contribution in [-0.4, -0.2) is 24.3 Å². The average Bonchev–Trinajstić information content (AvgIpc) is 1.88. The van der Waals surface area contributed by atoms with Crippen molar-refractivity contribution in [2.24, 2.45) is 0 Å². The second kappa shape index (κ2) is 4.99. The summed E-state index contributed by atoms with van der Waals surface area (Å²) in [5.74, 6) is -0.398. The summed E-state index contributed by atoms with van der Waals surface area (Å²) in [6.07, 6.45) is 2.54. The molecule has 0 rings (SSSR count). The number of methoxy groups -OCH3 is 1. The molecule has 3 heteroatoms. The van der Waals surface area contributed by atoms with E-state index >= 15 is 0 Å². The van der Waals surface area contributed by atoms with Gasteiger partial charge in [-0.3, -0.25) is 4.79 Å². The molecule has 1 atom stereocenters. The van der Waals surface area contributed by atoms with E-state index in [0.29, 0.717) is 0 Å². The SMILES string of the molecule is C/C=C\C(O)CC(=O)OC. The van der Waals surface area contributed by atoms with Gasteiger partial charge in [0.25, 0.3) is 0 Å². The Morgan fingerprint density at radius 3 is 2.80 bits per heavy atom. The minimum absolute atomic E-state index is 0.0286. The monoisotopic (exact) mass is 144 g/mol. The average molecular weight is 144 g/mol. The number of aliphatic hydroxyl groups excluding tert-OH is 1. The zero-order chi connectivity index (χ0) is 7.98. The molecule has 0 aromatic rings. The third-order valence-corrected chi connectivity index (χ3v) is 1.02. The van der Waals surface area contributed by atoms with E-state index in [1.807, 2.05) is 0 Å². The third-order valence-electron chi connectivity index (χ3n) is 1.02. The van der Waals surface area contributed by atoms with Crippen molar-refractivity contribution in [1.82, 2.24) is 0 Å². The molecule has 0 saturated carbocycles. The molecule has 0 bridgehead atoms. The zero-order valence-corrected chi connectivity index (χ0v) is 6.20. The Morgan fingerprint density at radius 1 is 1.80 bits per heavy atom. The van der Waals surface area contributed by atoms with Crippen LogP contribution in [0.3, 0.4) is 0 Å². The van der Waals surface area contributed by atoms with Gasteiger partial charge in [0.15, 0.2) is 0 Å². The molecule has 10 heavy (non-hydrogen) atoms. The van der Waals surface area contributed by atoms with Crippen LogP contribution in [0.25, 0.3) is 0 Å². The second-order valence-electron chi connectivity index (χ2n) is 1.87. The Hall–Kier alpha value is -0.830. The fourth-order valence-corrected chi connectivity index (χ4v) is 0.544. The van der Waals surface area contributed by atoms with Crippen molar-refractivity contribution < 1.29 is 14.6 Å². The van der Waals surface area contributed by atoms with Crippen molar-refractivity contribution in [3.63, 3.8) is 0 Å². The van der Waals surface area contributed by atoms with E-state index in [9.17, 15) is 4.79 Å². The topological polar surface area (TPSA) is 46.5 Å². The highest BCUT2D eigenvalue weighted by Crippen LogP contribution is 1.94. The maximum absolute atomic E-state index is 10.5. The van der Waals surface area contributed by atoms with Gasteiger partial charge < -0.3 is 9.84 Å². The predicted octanol–water partition coefficient (Wildman–Crippen LogP) is 0.486. The van der Waals surface area contributed by atoms with Gasteiger partial charge in [0.05, 0.1) is 19.6 Å². The molecule has 0 fully saturated rings. The number of hydrogen-bond donors (Lipinski definition) is 1. The van der Waals surface area contributed by atoms with Gasteiger partial charge in [0, 0.05) is 0 Å². The normalized spacial score (nSPS) is 13.5. The first-order chi connectivity index (χ1) is 4.70. The van der Waals surface area contributed by atoms with Crippen LogP contribution >= 0.6 is 0 Å². The molecular weight excluding hydrogens is 132 g/mol. The summed E-state index contributed by atoms with van der Waals surface area (Å²) in [7, 11) is 1.30. The maximum Gasteiger partial charge on any atom is 0.308 e. The van der Waals surface area contributed by atoms with Crippen molar-refractivity contribution in [2.75, 3.05) is 7.11 Å². The number of ether oxygens (including phenoxy) is 1. The molecule has 0 aromatic carbocycles. The van der Waals surface area contributed by atoms with Crippen molar-refractivity contribution >= 4 is 5.97 Å². The molecule has 58 valence electrons. The molecule has 1 N–H and O–H groups in total. The summed E-state index contributed by atoms with van der Waals surface area (Å²) < 4.78 is 4.33. The van der Waals surface area contributed by atoms with Crippen LogP contribution in [0.15, 0.2) is 12.2 Å². The van der Waals surface area contributed by atoms with E-state index in [1.54, 1.807) is 13.0 Å². The van der Waals surface area contributed by atoms with Crippen molar-refractivity contribution in [2.45, 2.75) is 19.4 Å². The molecule has 0 aliphatic heterocycles. The van der Waals surface area contributed by atoms with E-state index in [-0.39, 0.29) is 6.42 Å². The number of esters is 1. The molecule has 0 aliphatic carbocycles. The largest absolute Gasteiger partial charge is 0.469 e. The molecule has 3 nitrogen and oxygen atoms in total. The van der Waals surface area contributed by atoms with Crippen LogP contribution in [0.4, 0.5) is 0 Å². The summed E-state index contributed by atoms with van der Waals surface area (Å²) in [5.41, 5.74) is 0. The summed E-state index contributed by atoms with van der Waals surface area (Å²) in [6, 6.07) is 0. The van der Waals surface area contributed by atoms with Crippen LogP contribution in [0.5, 0.6) is 0 Å². The number of hydrogen-bond acceptors (Lipinski definition) is 3. The highest BCUT2D eigenvalue weighted by Gasteiger charge is 2.05. The van der Waals surface area contributed by atoms with Gasteiger partial charge in [-0.05, 0) is 6.92 Å². The third kappa shape index (κ3) is 4.09. The summed E-state index contributed by atoms with van der Waals surface area (Å²) in [5, 5.41) is 8.96. The molecule has 0 aliphatic rings. The van der Waals surface area contributed by atoms with E-state index in [1.165, 1.54) is 13.2 Å². The van der Waals surface area contributed by atoms with Gasteiger partial charge in [-0.2, -0.15) is 0 Å². The first-order valence-electron chi connectivity index (χ1n) is 3.08. The van der Waals surface area contributed by atoms with Crippen LogP contribution in [0, 0.1) is 0 Å². The molecule has 0 spiro atoms. The van der Waals surface area contributed by atoms with Gasteiger partial charge in [0.2, 0.25) is 0 Å². The number of aliphatic hydroxyl groups is 1. The molecular formula is C7H12O3. The smallest absolute Gasteiger partial charge is 0.308 e. The minimum atomic E-state index is -0.711. The summed E-state index contributed by atoms with van der Waals surface area (Å²) in [6.45, 7) is 1.78. The van der Waals surface area contributed by atoms with Crippen molar-refractivity contribution in [1.29, 1.82) is 0 Å². The Balaban J connectivity index is 3.57. The minimum Gasteiger partial charge on any atom is -0.469 e. The maximum atomic E-state index is 10.5. The van der Waals surface area contributed by atoms with E-state index in [4.69, 9.17) is 5.11 Å². The quantitative estimate of drug-likeness (QED) is 0.463. The fraction of sp³-hybridized carbons (Fsp3) is 0.571. The number of carbonyl (C=O) groups is 1. The van der Waals surface area contributed by atoms with Crippen LogP contribution < -0.4 is 0 Å². The second-order valence-corrected chi connectivity index (χ2v) is 1.87. The molecule has 1 unspecified atom stereocenters. The van der Waals surface area contributed by atoms with Gasteiger partial charge in [-0.1, -0.05) is 12.2 Å². The van der Waals surface area contributed by atoms with Gasteiger partial charge in [-0.25, -0.2) is 0 Å². The predicted molar refractivity (Wildman–Crippen MR) is 37.5 cm³/mol. The van der Waals surface area contributed by atoms with Crippen LogP contribution in [0.2, 0.25) is 0 Å². The lowest BCUT2D eigenvalue weighted by molar-refractivity contribution is -0.142. The van der Waals surface area contributed by atoms with E-state index in [0.717, 1.165) is 0 Å². The van der Waals surface area contributed by atoms with Gasteiger partial charge >= 0.3 is 5.97 Å². The molecule has 0 heterocycles. The van der Waals surface area contributed by atoms with Crippen molar-refractivity contribution in [3.8, 4) is 0 Å². The first-order valence-corrected chi connectivity index (χ1v) is 3.08. The summed E-state index contributed by atoms with van der Waals surface area (Å²) >= 11 is 0. The lowest BCUT2D eigenvalue weighted by Crippen LogP contribution is -2.11. The number of rotatable bonds is 3. The number of carbonyl (C=O) groups excluding carboxylic acids is 1. The van der Waals surface area contributed by atoms with E-state index < -0.39 is 12.1 Å². The van der Waals surface area contributed by atoms with Crippen LogP contribution in [-0.2, 0) is 9.53 Å². The lowest BCUT2D eigenvalue weighted by atomic mass is 10.2. The number of allylic oxidation sites excluding steroid dienone is 1. The molecule has 0 radical (unpaired) electrons. The van der Waals surface area contributed by atoms with Gasteiger partial charge in [0.1, 0.15) is 0 Å². The highest BCUT2D eigenvalue weighted by atomic mass is 16.5. The Labute approximate surface area is 60.3 Å². The molecule has 0 saturated heterocycles. The Morgan fingerprint density at radius 2 is 2.40 bits per heavy atom. The lowest BCUT2D eigenvalue weighted by Gasteiger charge is -2.01. The summed E-state index contributed by atoms with van der Waals surface area (Å²) in [4.78, 5) is 10.5. The first kappa shape index (κ1) is 9.17. The fourth-order valence-electron chi connectivity index (χ4n) is 0.544. The Bertz CT molecular complexity index is 129.